The summed E-state index contributed by atoms with van der Waals surface area (Å²) in [6.45, 7) is 0. The van der Waals surface area contributed by atoms with E-state index in [0.717, 1.165) is 17.7 Å². The molecule has 0 saturated carbocycles. The number of hydrogen-bond donors (Lipinski definition) is 0. The van der Waals surface area contributed by atoms with Gasteiger partial charge in [-0.3, -0.25) is 0 Å². The maximum absolute atomic E-state index is 13.5. The van der Waals surface area contributed by atoms with Crippen molar-refractivity contribution in [3.05, 3.63) is 59.7 Å². The zero-order valence-electron chi connectivity index (χ0n) is 11.3. The van der Waals surface area contributed by atoms with E-state index >= 15 is 0 Å². The summed E-state index contributed by atoms with van der Waals surface area (Å²) in [5.41, 5.74) is 0.774. The summed E-state index contributed by atoms with van der Waals surface area (Å²) in [6, 6.07) is 9.30. The summed E-state index contributed by atoms with van der Waals surface area (Å²) in [5.74, 6) is -1.34. The van der Waals surface area contributed by atoms with Gasteiger partial charge in [0, 0.05) is 0 Å². The third-order valence-electron chi connectivity index (χ3n) is 3.05. The minimum atomic E-state index is -3.87. The van der Waals surface area contributed by atoms with E-state index in [1.807, 2.05) is 0 Å². The lowest BCUT2D eigenvalue weighted by molar-refractivity contribution is 0.414. The Bertz CT molecular complexity index is 725. The number of methoxy groups -OCH3 is 1. The molecule has 21 heavy (non-hydrogen) atoms. The molecule has 6 heteroatoms. The number of halogens is 2. The van der Waals surface area contributed by atoms with Gasteiger partial charge in [-0.1, -0.05) is 12.1 Å². The van der Waals surface area contributed by atoms with Gasteiger partial charge in [-0.2, -0.15) is 0 Å². The van der Waals surface area contributed by atoms with Gasteiger partial charge in [0.1, 0.15) is 22.3 Å². The van der Waals surface area contributed by atoms with Crippen LogP contribution in [-0.4, -0.2) is 21.3 Å². The maximum atomic E-state index is 13.5. The first-order valence-electron chi connectivity index (χ1n) is 6.23. The van der Waals surface area contributed by atoms with E-state index < -0.39 is 26.4 Å². The molecule has 0 amide bonds. The van der Waals surface area contributed by atoms with Crippen molar-refractivity contribution in [2.24, 2.45) is 0 Å². The van der Waals surface area contributed by atoms with Gasteiger partial charge in [0.2, 0.25) is 0 Å². The van der Waals surface area contributed by atoms with E-state index in [2.05, 4.69) is 0 Å². The Kier molecular flexibility index (Phi) is 4.57. The van der Waals surface area contributed by atoms with Crippen molar-refractivity contribution in [3.63, 3.8) is 0 Å². The molecule has 0 aliphatic carbocycles. The highest BCUT2D eigenvalue weighted by Crippen LogP contribution is 2.19. The predicted octanol–water partition coefficient (Wildman–Crippen LogP) is 2.99. The second kappa shape index (κ2) is 6.22. The SMILES string of the molecule is COc1ccc(CCS(=O)(=O)c2cc(F)ccc2F)cc1. The van der Waals surface area contributed by atoms with Crippen molar-refractivity contribution in [2.45, 2.75) is 11.3 Å². The predicted molar refractivity (Wildman–Crippen MR) is 75.1 cm³/mol. The molecular formula is C15H14F2O3S. The number of hydrogen-bond acceptors (Lipinski definition) is 3. The first-order chi connectivity index (χ1) is 9.92. The van der Waals surface area contributed by atoms with Gasteiger partial charge in [0.15, 0.2) is 9.84 Å². The Hall–Kier alpha value is -1.95. The Labute approximate surface area is 122 Å². The largest absolute Gasteiger partial charge is 0.497 e. The van der Waals surface area contributed by atoms with Crippen LogP contribution in [0.25, 0.3) is 0 Å². The molecule has 0 unspecified atom stereocenters. The van der Waals surface area contributed by atoms with Gasteiger partial charge in [0.05, 0.1) is 12.9 Å². The molecule has 0 aliphatic heterocycles. The summed E-state index contributed by atoms with van der Waals surface area (Å²) < 4.78 is 55.8. The molecule has 0 radical (unpaired) electrons. The van der Waals surface area contributed by atoms with Crippen LogP contribution < -0.4 is 4.74 Å². The molecule has 0 aliphatic rings. The molecule has 3 nitrogen and oxygen atoms in total. The standard InChI is InChI=1S/C15H14F2O3S/c1-20-13-5-2-11(3-6-13)8-9-21(18,19)15-10-12(16)4-7-14(15)17/h2-7,10H,8-9H2,1H3. The van der Waals surface area contributed by atoms with E-state index in [-0.39, 0.29) is 12.2 Å². The first-order valence-corrected chi connectivity index (χ1v) is 7.88. The quantitative estimate of drug-likeness (QED) is 0.852. The summed E-state index contributed by atoms with van der Waals surface area (Å²) in [4.78, 5) is -0.601. The van der Waals surface area contributed by atoms with Gasteiger partial charge >= 0.3 is 0 Å². The van der Waals surface area contributed by atoms with Crippen LogP contribution in [0.3, 0.4) is 0 Å². The normalized spacial score (nSPS) is 11.4. The number of ether oxygens (including phenoxy) is 1. The van der Waals surface area contributed by atoms with Gasteiger partial charge in [-0.15, -0.1) is 0 Å². The third kappa shape index (κ3) is 3.78. The summed E-state index contributed by atoms with van der Waals surface area (Å²) in [5, 5.41) is 0. The monoisotopic (exact) mass is 312 g/mol. The lowest BCUT2D eigenvalue weighted by Gasteiger charge is -2.07. The van der Waals surface area contributed by atoms with Crippen LogP contribution in [0.4, 0.5) is 8.78 Å². The topological polar surface area (TPSA) is 43.4 Å². The van der Waals surface area contributed by atoms with Crippen LogP contribution in [0.5, 0.6) is 5.75 Å². The highest BCUT2D eigenvalue weighted by molar-refractivity contribution is 7.91. The Morgan fingerprint density at radius 2 is 1.71 bits per heavy atom. The molecule has 2 aromatic carbocycles. The van der Waals surface area contributed by atoms with Crippen LogP contribution in [0.1, 0.15) is 5.56 Å². The molecule has 0 saturated heterocycles. The highest BCUT2D eigenvalue weighted by atomic mass is 32.2. The van der Waals surface area contributed by atoms with E-state index in [1.54, 1.807) is 24.3 Å². The lowest BCUT2D eigenvalue weighted by atomic mass is 10.2. The molecular weight excluding hydrogens is 298 g/mol. The van der Waals surface area contributed by atoms with E-state index in [1.165, 1.54) is 7.11 Å². The zero-order valence-corrected chi connectivity index (χ0v) is 12.2. The molecule has 0 bridgehead atoms. The summed E-state index contributed by atoms with van der Waals surface area (Å²) in [6.07, 6.45) is 0.211. The van der Waals surface area contributed by atoms with Gasteiger partial charge < -0.3 is 4.74 Å². The maximum Gasteiger partial charge on any atom is 0.181 e. The van der Waals surface area contributed by atoms with E-state index in [9.17, 15) is 17.2 Å². The smallest absolute Gasteiger partial charge is 0.181 e. The molecule has 0 N–H and O–H groups in total. The second-order valence-corrected chi connectivity index (χ2v) is 6.57. The Balaban J connectivity index is 2.15. The lowest BCUT2D eigenvalue weighted by Crippen LogP contribution is -2.11. The first kappa shape index (κ1) is 15.4. The number of aryl methyl sites for hydroxylation is 1. The van der Waals surface area contributed by atoms with Crippen molar-refractivity contribution >= 4 is 9.84 Å². The van der Waals surface area contributed by atoms with Crippen molar-refractivity contribution in [1.82, 2.24) is 0 Å². The summed E-state index contributed by atoms with van der Waals surface area (Å²) in [7, 11) is -2.34. The summed E-state index contributed by atoms with van der Waals surface area (Å²) >= 11 is 0. The fourth-order valence-electron chi connectivity index (χ4n) is 1.87. The second-order valence-electron chi connectivity index (χ2n) is 4.49. The molecule has 112 valence electrons. The number of sulfone groups is 1. The van der Waals surface area contributed by atoms with Crippen molar-refractivity contribution < 1.29 is 21.9 Å². The van der Waals surface area contributed by atoms with Gasteiger partial charge in [-0.25, -0.2) is 17.2 Å². The van der Waals surface area contributed by atoms with Crippen molar-refractivity contribution in [3.8, 4) is 5.75 Å². The molecule has 2 aromatic rings. The fraction of sp³-hybridized carbons (Fsp3) is 0.200. The van der Waals surface area contributed by atoms with Crippen LogP contribution in [0.15, 0.2) is 47.4 Å². The van der Waals surface area contributed by atoms with Gasteiger partial charge in [-0.05, 0) is 42.3 Å². The highest BCUT2D eigenvalue weighted by Gasteiger charge is 2.20. The molecule has 0 aromatic heterocycles. The van der Waals surface area contributed by atoms with Crippen LogP contribution in [0, 0.1) is 11.6 Å². The average Bonchev–Trinajstić information content (AvgIpc) is 2.48. The Morgan fingerprint density at radius 1 is 1.05 bits per heavy atom. The van der Waals surface area contributed by atoms with Crippen LogP contribution >= 0.6 is 0 Å². The minimum Gasteiger partial charge on any atom is -0.497 e. The molecule has 0 atom stereocenters. The third-order valence-corrected chi connectivity index (χ3v) is 4.77. The molecule has 0 heterocycles. The number of benzene rings is 2. The molecule has 0 fully saturated rings. The van der Waals surface area contributed by atoms with E-state index in [4.69, 9.17) is 4.74 Å². The average molecular weight is 312 g/mol. The number of rotatable bonds is 5. The fourth-order valence-corrected chi connectivity index (χ4v) is 3.25. The van der Waals surface area contributed by atoms with Crippen molar-refractivity contribution in [2.75, 3.05) is 12.9 Å². The van der Waals surface area contributed by atoms with Crippen LogP contribution in [-0.2, 0) is 16.3 Å². The zero-order chi connectivity index (χ0) is 15.5. The van der Waals surface area contributed by atoms with Gasteiger partial charge in [0.25, 0.3) is 0 Å². The Morgan fingerprint density at radius 3 is 2.33 bits per heavy atom. The molecule has 0 spiro atoms. The van der Waals surface area contributed by atoms with E-state index in [0.29, 0.717) is 11.8 Å². The minimum absolute atomic E-state index is 0.211. The van der Waals surface area contributed by atoms with Crippen molar-refractivity contribution in [1.29, 1.82) is 0 Å². The molecule has 2 rings (SSSR count). The van der Waals surface area contributed by atoms with Crippen LogP contribution in [0.2, 0.25) is 0 Å².